The van der Waals surface area contributed by atoms with Crippen LogP contribution in [-0.4, -0.2) is 29.0 Å². The van der Waals surface area contributed by atoms with Crippen molar-refractivity contribution < 1.29 is 19.7 Å². The van der Waals surface area contributed by atoms with Crippen LogP contribution in [0.1, 0.15) is 22.8 Å². The van der Waals surface area contributed by atoms with E-state index in [-0.39, 0.29) is 13.2 Å². The van der Waals surface area contributed by atoms with Gasteiger partial charge in [-0.15, -0.1) is 0 Å². The summed E-state index contributed by atoms with van der Waals surface area (Å²) in [4.78, 5) is 11.7. The van der Waals surface area contributed by atoms with Gasteiger partial charge in [-0.3, -0.25) is 0 Å². The van der Waals surface area contributed by atoms with E-state index in [9.17, 15) is 15.0 Å². The van der Waals surface area contributed by atoms with Crippen LogP contribution in [0.5, 0.6) is 0 Å². The first-order valence-corrected chi connectivity index (χ1v) is 8.33. The fourth-order valence-corrected chi connectivity index (χ4v) is 2.59. The second kappa shape index (κ2) is 8.82. The fourth-order valence-electron chi connectivity index (χ4n) is 2.21. The molecule has 0 radical (unpaired) electrons. The number of ether oxygens (including phenoxy) is 1. The number of hydrogen-bond acceptors (Lipinski definition) is 4. The van der Waals surface area contributed by atoms with Gasteiger partial charge in [-0.1, -0.05) is 52.3 Å². The van der Waals surface area contributed by atoms with Crippen molar-refractivity contribution in [2.45, 2.75) is 25.7 Å². The van der Waals surface area contributed by atoms with Crippen LogP contribution in [0.2, 0.25) is 0 Å². The van der Waals surface area contributed by atoms with Crippen LogP contribution in [0.3, 0.4) is 0 Å². The van der Waals surface area contributed by atoms with Crippen molar-refractivity contribution in [3.05, 3.63) is 69.7 Å². The molecule has 0 fully saturated rings. The van der Waals surface area contributed by atoms with Gasteiger partial charge in [0.05, 0.1) is 0 Å². The number of aryl methyl sites for hydroxylation is 1. The number of carbonyl (C=O) groups is 1. The highest BCUT2D eigenvalue weighted by atomic mass is 79.9. The number of nitrogens with one attached hydrogen (secondary N) is 1. The Morgan fingerprint density at radius 3 is 2.62 bits per heavy atom. The summed E-state index contributed by atoms with van der Waals surface area (Å²) in [5, 5.41) is 22.8. The minimum Gasteiger partial charge on any atom is -0.445 e. The van der Waals surface area contributed by atoms with Gasteiger partial charge in [0.15, 0.2) is 0 Å². The van der Waals surface area contributed by atoms with Crippen molar-refractivity contribution in [3.8, 4) is 0 Å². The molecule has 0 spiro atoms. The highest BCUT2D eigenvalue weighted by molar-refractivity contribution is 9.10. The van der Waals surface area contributed by atoms with Crippen LogP contribution >= 0.6 is 15.9 Å². The molecule has 2 atom stereocenters. The molecule has 0 bridgehead atoms. The van der Waals surface area contributed by atoms with E-state index in [1.165, 1.54) is 0 Å². The summed E-state index contributed by atoms with van der Waals surface area (Å²) < 4.78 is 5.87. The lowest BCUT2D eigenvalue weighted by atomic mass is 9.99. The Kier molecular flexibility index (Phi) is 6.78. The molecule has 1 amide bonds. The van der Waals surface area contributed by atoms with Crippen molar-refractivity contribution in [2.24, 2.45) is 0 Å². The maximum absolute atomic E-state index is 11.7. The van der Waals surface area contributed by atoms with E-state index >= 15 is 0 Å². The molecule has 3 N–H and O–H groups in total. The van der Waals surface area contributed by atoms with Crippen LogP contribution in [-0.2, 0) is 11.3 Å². The average molecular weight is 394 g/mol. The first-order chi connectivity index (χ1) is 11.5. The number of aliphatic hydroxyl groups is 2. The molecule has 0 heterocycles. The molecule has 0 aliphatic carbocycles. The average Bonchev–Trinajstić information content (AvgIpc) is 2.60. The van der Waals surface area contributed by atoms with Gasteiger partial charge in [-0.05, 0) is 35.7 Å². The van der Waals surface area contributed by atoms with E-state index < -0.39 is 18.3 Å². The van der Waals surface area contributed by atoms with Crippen molar-refractivity contribution in [1.82, 2.24) is 5.32 Å². The van der Waals surface area contributed by atoms with Crippen LogP contribution < -0.4 is 5.32 Å². The molecule has 2 rings (SSSR count). The third kappa shape index (κ3) is 5.33. The quantitative estimate of drug-likeness (QED) is 0.704. The lowest BCUT2D eigenvalue weighted by molar-refractivity contribution is 0.0180. The number of rotatable bonds is 6. The second-order valence-corrected chi connectivity index (χ2v) is 6.37. The van der Waals surface area contributed by atoms with E-state index in [4.69, 9.17) is 4.74 Å². The monoisotopic (exact) mass is 393 g/mol. The van der Waals surface area contributed by atoms with Gasteiger partial charge in [-0.2, -0.15) is 0 Å². The van der Waals surface area contributed by atoms with E-state index in [0.717, 1.165) is 15.6 Å². The first kappa shape index (κ1) is 18.4. The Hall–Kier alpha value is -1.89. The largest absolute Gasteiger partial charge is 0.445 e. The molecule has 24 heavy (non-hydrogen) atoms. The van der Waals surface area contributed by atoms with Crippen LogP contribution in [0.25, 0.3) is 0 Å². The molecule has 0 aliphatic heterocycles. The number of benzene rings is 2. The zero-order valence-corrected chi connectivity index (χ0v) is 14.9. The number of aliphatic hydroxyl groups excluding tert-OH is 2. The molecule has 2 unspecified atom stereocenters. The number of halogens is 1. The lowest BCUT2D eigenvalue weighted by Crippen LogP contribution is -2.36. The summed E-state index contributed by atoms with van der Waals surface area (Å²) in [5.41, 5.74) is 2.34. The molecule has 128 valence electrons. The highest BCUT2D eigenvalue weighted by Crippen LogP contribution is 2.24. The van der Waals surface area contributed by atoms with Gasteiger partial charge in [0.1, 0.15) is 18.8 Å². The summed E-state index contributed by atoms with van der Waals surface area (Å²) in [5.74, 6) is 0. The van der Waals surface area contributed by atoms with E-state index in [2.05, 4.69) is 21.2 Å². The van der Waals surface area contributed by atoms with Gasteiger partial charge >= 0.3 is 6.09 Å². The minimum absolute atomic E-state index is 0.110. The molecule has 0 saturated carbocycles. The zero-order valence-electron chi connectivity index (χ0n) is 13.3. The van der Waals surface area contributed by atoms with E-state index in [1.54, 1.807) is 6.07 Å². The van der Waals surface area contributed by atoms with Gasteiger partial charge in [0.25, 0.3) is 0 Å². The van der Waals surface area contributed by atoms with Gasteiger partial charge in [0, 0.05) is 11.0 Å². The Balaban J connectivity index is 1.82. The predicted octanol–water partition coefficient (Wildman–Crippen LogP) is 3.08. The number of hydrogen-bond donors (Lipinski definition) is 3. The molecular weight excluding hydrogens is 374 g/mol. The molecule has 0 saturated heterocycles. The maximum Gasteiger partial charge on any atom is 0.407 e. The Morgan fingerprint density at radius 2 is 1.92 bits per heavy atom. The van der Waals surface area contributed by atoms with Crippen molar-refractivity contribution in [1.29, 1.82) is 0 Å². The summed E-state index contributed by atoms with van der Waals surface area (Å²) in [6.45, 7) is 1.88. The lowest BCUT2D eigenvalue weighted by Gasteiger charge is -2.20. The number of alkyl carbamates (subject to hydrolysis) is 1. The predicted molar refractivity (Wildman–Crippen MR) is 94.5 cm³/mol. The first-order valence-electron chi connectivity index (χ1n) is 7.54. The zero-order chi connectivity index (χ0) is 17.5. The van der Waals surface area contributed by atoms with Gasteiger partial charge < -0.3 is 20.3 Å². The van der Waals surface area contributed by atoms with Crippen LogP contribution in [0, 0.1) is 6.92 Å². The summed E-state index contributed by atoms with van der Waals surface area (Å²) in [7, 11) is 0. The normalized spacial score (nSPS) is 13.2. The Bertz CT molecular complexity index is 678. The smallest absolute Gasteiger partial charge is 0.407 e. The molecule has 0 aliphatic rings. The van der Waals surface area contributed by atoms with Gasteiger partial charge in [0.2, 0.25) is 0 Å². The third-order valence-electron chi connectivity index (χ3n) is 3.59. The standard InChI is InChI=1S/C18H20BrNO4/c1-12-7-8-14(19)9-15(12)17(22)16(21)10-20-18(23)24-11-13-5-3-2-4-6-13/h2-9,16-17,21-22H,10-11H2,1H3,(H,20,23). The topological polar surface area (TPSA) is 78.8 Å². The Morgan fingerprint density at radius 1 is 1.21 bits per heavy atom. The van der Waals surface area contributed by atoms with E-state index in [1.807, 2.05) is 49.4 Å². The van der Waals surface area contributed by atoms with Crippen molar-refractivity contribution in [2.75, 3.05) is 6.54 Å². The summed E-state index contributed by atoms with van der Waals surface area (Å²) in [6, 6.07) is 14.7. The third-order valence-corrected chi connectivity index (χ3v) is 4.09. The maximum atomic E-state index is 11.7. The Labute approximate surface area is 149 Å². The SMILES string of the molecule is Cc1ccc(Br)cc1C(O)C(O)CNC(=O)OCc1ccccc1. The van der Waals surface area contributed by atoms with E-state index in [0.29, 0.717) is 5.56 Å². The number of amides is 1. The van der Waals surface area contributed by atoms with Crippen molar-refractivity contribution in [3.63, 3.8) is 0 Å². The molecule has 6 heteroatoms. The molecule has 2 aromatic carbocycles. The highest BCUT2D eigenvalue weighted by Gasteiger charge is 2.21. The minimum atomic E-state index is -1.14. The fraction of sp³-hybridized carbons (Fsp3) is 0.278. The molecule has 5 nitrogen and oxygen atoms in total. The number of carbonyl (C=O) groups excluding carboxylic acids is 1. The van der Waals surface area contributed by atoms with Crippen LogP contribution in [0.4, 0.5) is 4.79 Å². The van der Waals surface area contributed by atoms with Crippen LogP contribution in [0.15, 0.2) is 53.0 Å². The summed E-state index contributed by atoms with van der Waals surface area (Å²) in [6.07, 6.45) is -2.88. The molecule has 2 aromatic rings. The van der Waals surface area contributed by atoms with Gasteiger partial charge in [-0.25, -0.2) is 4.79 Å². The summed E-state index contributed by atoms with van der Waals surface area (Å²) >= 11 is 3.34. The second-order valence-electron chi connectivity index (χ2n) is 5.46. The molecular formula is C18H20BrNO4. The van der Waals surface area contributed by atoms with Crippen molar-refractivity contribution >= 4 is 22.0 Å². The molecule has 0 aromatic heterocycles.